The van der Waals surface area contributed by atoms with Gasteiger partial charge in [-0.3, -0.25) is 14.5 Å². The Hall–Kier alpha value is -1.92. The highest BCUT2D eigenvalue weighted by molar-refractivity contribution is 5.78. The van der Waals surface area contributed by atoms with E-state index in [0.29, 0.717) is 26.3 Å². The van der Waals surface area contributed by atoms with Crippen molar-refractivity contribution in [3.8, 4) is 0 Å². The monoisotopic (exact) mass is 308 g/mol. The molecule has 2 N–H and O–H groups in total. The Labute approximate surface area is 131 Å². The third kappa shape index (κ3) is 7.75. The van der Waals surface area contributed by atoms with Gasteiger partial charge in [-0.05, 0) is 25.1 Å². The van der Waals surface area contributed by atoms with Gasteiger partial charge in [0.2, 0.25) is 5.91 Å². The maximum Gasteiger partial charge on any atom is 0.304 e. The predicted molar refractivity (Wildman–Crippen MR) is 83.4 cm³/mol. The second kappa shape index (κ2) is 9.92. The fraction of sp³-hybridized carbons (Fsp3) is 0.500. The van der Waals surface area contributed by atoms with Crippen LogP contribution in [-0.4, -0.2) is 48.6 Å². The zero-order valence-corrected chi connectivity index (χ0v) is 13.2. The molecule has 0 aliphatic carbocycles. The van der Waals surface area contributed by atoms with Gasteiger partial charge < -0.3 is 15.2 Å². The minimum absolute atomic E-state index is 0.0328. The molecule has 1 aromatic rings. The molecule has 0 aromatic heterocycles. The van der Waals surface area contributed by atoms with Crippen LogP contribution in [0.4, 0.5) is 0 Å². The number of hydrogen-bond acceptors (Lipinski definition) is 4. The minimum Gasteiger partial charge on any atom is -0.481 e. The number of likely N-dealkylation sites (N-methyl/N-ethyl adjacent to an activating group) is 1. The number of benzene rings is 1. The molecule has 0 saturated heterocycles. The highest BCUT2D eigenvalue weighted by atomic mass is 16.5. The van der Waals surface area contributed by atoms with E-state index in [1.54, 1.807) is 11.9 Å². The van der Waals surface area contributed by atoms with E-state index in [1.807, 2.05) is 31.2 Å². The number of nitrogens with zero attached hydrogens (tertiary/aromatic N) is 1. The van der Waals surface area contributed by atoms with Crippen molar-refractivity contribution in [2.24, 2.45) is 0 Å². The summed E-state index contributed by atoms with van der Waals surface area (Å²) in [6, 6.07) is 7.89. The normalized spacial score (nSPS) is 10.7. The fourth-order valence-corrected chi connectivity index (χ4v) is 1.84. The summed E-state index contributed by atoms with van der Waals surface area (Å²) in [5.74, 6) is -0.981. The number of hydrogen-bond donors (Lipinski definition) is 2. The molecule has 0 atom stereocenters. The van der Waals surface area contributed by atoms with Crippen molar-refractivity contribution in [2.45, 2.75) is 26.5 Å². The average Bonchev–Trinajstić information content (AvgIpc) is 2.50. The molecule has 0 radical (unpaired) electrons. The average molecular weight is 308 g/mol. The van der Waals surface area contributed by atoms with Crippen molar-refractivity contribution in [1.82, 2.24) is 10.2 Å². The second-order valence-corrected chi connectivity index (χ2v) is 5.11. The third-order valence-electron chi connectivity index (χ3n) is 3.11. The Kier molecular flexibility index (Phi) is 8.17. The molecule has 0 aliphatic rings. The number of aliphatic carboxylic acids is 1. The highest BCUT2D eigenvalue weighted by Crippen LogP contribution is 2.05. The molecule has 0 aliphatic heterocycles. The summed E-state index contributed by atoms with van der Waals surface area (Å²) in [7, 11) is 1.73. The molecule has 0 unspecified atom stereocenters. The summed E-state index contributed by atoms with van der Waals surface area (Å²) in [5.41, 5.74) is 2.12. The van der Waals surface area contributed by atoms with Crippen LogP contribution in [0.15, 0.2) is 24.3 Å². The number of carboxylic acid groups (broad SMARTS) is 1. The molecule has 0 spiro atoms. The molecule has 6 nitrogen and oxygen atoms in total. The molecule has 0 saturated carbocycles. The first-order valence-corrected chi connectivity index (χ1v) is 7.34. The number of ether oxygens (including phenoxy) is 1. The lowest BCUT2D eigenvalue weighted by Crippen LogP contribution is -2.35. The summed E-state index contributed by atoms with van der Waals surface area (Å²) in [6.45, 7) is 4.24. The first-order chi connectivity index (χ1) is 10.5. The molecule has 6 heteroatoms. The van der Waals surface area contributed by atoms with E-state index in [-0.39, 0.29) is 18.9 Å². The van der Waals surface area contributed by atoms with Crippen molar-refractivity contribution in [2.75, 3.05) is 26.7 Å². The minimum atomic E-state index is -0.862. The van der Waals surface area contributed by atoms with Crippen molar-refractivity contribution in [3.05, 3.63) is 35.4 Å². The van der Waals surface area contributed by atoms with Crippen LogP contribution in [0.5, 0.6) is 0 Å². The third-order valence-corrected chi connectivity index (χ3v) is 3.11. The van der Waals surface area contributed by atoms with Crippen molar-refractivity contribution >= 4 is 11.9 Å². The lowest BCUT2D eigenvalue weighted by molar-refractivity contribution is -0.137. The molecule has 1 rings (SSSR count). The van der Waals surface area contributed by atoms with Gasteiger partial charge >= 0.3 is 5.97 Å². The molecular weight excluding hydrogens is 284 g/mol. The highest BCUT2D eigenvalue weighted by Gasteiger charge is 2.08. The number of carbonyl (C=O) groups excluding carboxylic acids is 1. The molecule has 0 bridgehead atoms. The van der Waals surface area contributed by atoms with Gasteiger partial charge in [0.1, 0.15) is 0 Å². The number of amides is 1. The standard InChI is InChI=1S/C16H24N2O4/c1-3-22-12-14-6-4-13(5-7-14)10-17-15(19)11-18(2)9-8-16(20)21/h4-7H,3,8-12H2,1-2H3,(H,17,19)(H,20,21). The van der Waals surface area contributed by atoms with Gasteiger partial charge in [-0.2, -0.15) is 0 Å². The SMILES string of the molecule is CCOCc1ccc(CNC(=O)CN(C)CCC(=O)O)cc1. The Balaban J connectivity index is 2.29. The summed E-state index contributed by atoms with van der Waals surface area (Å²) < 4.78 is 5.32. The van der Waals surface area contributed by atoms with Crippen molar-refractivity contribution in [1.29, 1.82) is 0 Å². The summed E-state index contributed by atoms with van der Waals surface area (Å²) >= 11 is 0. The lowest BCUT2D eigenvalue weighted by atomic mass is 10.1. The van der Waals surface area contributed by atoms with Crippen LogP contribution in [0.3, 0.4) is 0 Å². The molecule has 122 valence electrons. The van der Waals surface area contributed by atoms with Gasteiger partial charge in [-0.25, -0.2) is 0 Å². The quantitative estimate of drug-likeness (QED) is 0.680. The maximum atomic E-state index is 11.8. The number of rotatable bonds is 10. The smallest absolute Gasteiger partial charge is 0.304 e. The molecule has 0 heterocycles. The van der Waals surface area contributed by atoms with Crippen molar-refractivity contribution < 1.29 is 19.4 Å². The summed E-state index contributed by atoms with van der Waals surface area (Å²) in [5, 5.41) is 11.4. The van der Waals surface area contributed by atoms with E-state index >= 15 is 0 Å². The van der Waals surface area contributed by atoms with Gasteiger partial charge in [0, 0.05) is 19.7 Å². The van der Waals surface area contributed by atoms with E-state index in [1.165, 1.54) is 0 Å². The Morgan fingerprint density at radius 3 is 2.45 bits per heavy atom. The van der Waals surface area contributed by atoms with Gasteiger partial charge in [0.05, 0.1) is 19.6 Å². The molecule has 1 aromatic carbocycles. The number of carbonyl (C=O) groups is 2. The Morgan fingerprint density at radius 1 is 1.23 bits per heavy atom. The fourth-order valence-electron chi connectivity index (χ4n) is 1.84. The largest absolute Gasteiger partial charge is 0.481 e. The lowest BCUT2D eigenvalue weighted by Gasteiger charge is -2.15. The summed E-state index contributed by atoms with van der Waals surface area (Å²) in [6.07, 6.45) is 0.0328. The van der Waals surface area contributed by atoms with E-state index in [9.17, 15) is 9.59 Å². The van der Waals surface area contributed by atoms with E-state index in [0.717, 1.165) is 11.1 Å². The van der Waals surface area contributed by atoms with Crippen LogP contribution < -0.4 is 5.32 Å². The predicted octanol–water partition coefficient (Wildman–Crippen LogP) is 1.25. The summed E-state index contributed by atoms with van der Waals surface area (Å²) in [4.78, 5) is 23.9. The van der Waals surface area contributed by atoms with Crippen molar-refractivity contribution in [3.63, 3.8) is 0 Å². The van der Waals surface area contributed by atoms with Gasteiger partial charge in [-0.15, -0.1) is 0 Å². The van der Waals surface area contributed by atoms with E-state index in [2.05, 4.69) is 5.32 Å². The molecular formula is C16H24N2O4. The number of nitrogens with one attached hydrogen (secondary N) is 1. The first-order valence-electron chi connectivity index (χ1n) is 7.34. The topological polar surface area (TPSA) is 78.9 Å². The van der Waals surface area contributed by atoms with Crippen LogP contribution in [0.2, 0.25) is 0 Å². The second-order valence-electron chi connectivity index (χ2n) is 5.11. The van der Waals surface area contributed by atoms with Gasteiger partial charge in [-0.1, -0.05) is 24.3 Å². The molecule has 22 heavy (non-hydrogen) atoms. The van der Waals surface area contributed by atoms with Crippen LogP contribution in [-0.2, 0) is 27.5 Å². The van der Waals surface area contributed by atoms with Crippen LogP contribution >= 0.6 is 0 Å². The zero-order valence-electron chi connectivity index (χ0n) is 13.2. The molecule has 0 fully saturated rings. The molecule has 1 amide bonds. The Morgan fingerprint density at radius 2 is 1.86 bits per heavy atom. The van der Waals surface area contributed by atoms with Gasteiger partial charge in [0.15, 0.2) is 0 Å². The van der Waals surface area contributed by atoms with Gasteiger partial charge in [0.25, 0.3) is 0 Å². The zero-order chi connectivity index (χ0) is 16.4. The van der Waals surface area contributed by atoms with Crippen LogP contribution in [0.25, 0.3) is 0 Å². The van der Waals surface area contributed by atoms with Crippen LogP contribution in [0.1, 0.15) is 24.5 Å². The number of carboxylic acids is 1. The Bertz CT molecular complexity index is 474. The van der Waals surface area contributed by atoms with E-state index in [4.69, 9.17) is 9.84 Å². The maximum absolute atomic E-state index is 11.8. The first kappa shape index (κ1) is 18.1. The van der Waals surface area contributed by atoms with Crippen LogP contribution in [0, 0.1) is 0 Å². The van der Waals surface area contributed by atoms with E-state index < -0.39 is 5.97 Å².